The van der Waals surface area contributed by atoms with E-state index in [2.05, 4.69) is 24.5 Å². The molecule has 0 heterocycles. The zero-order chi connectivity index (χ0) is 15.1. The van der Waals surface area contributed by atoms with Crippen molar-refractivity contribution in [3.05, 3.63) is 12.7 Å². The number of carbonyl (C=O) groups is 2. The van der Waals surface area contributed by atoms with Crippen LogP contribution in [0.2, 0.25) is 0 Å². The quantitative estimate of drug-likeness (QED) is 0.238. The fourth-order valence-electron chi connectivity index (χ4n) is 1.72. The Kier molecular flexibility index (Phi) is 13.7. The molecule has 4 nitrogen and oxygen atoms in total. The number of unbranched alkanes of at least 4 members (excludes halogenated alkanes) is 5. The number of hydrogen-bond donors (Lipinski definition) is 2. The normalized spacial score (nSPS) is 10.1. The molecule has 5 heteroatoms. The monoisotopic (exact) mass is 301 g/mol. The lowest BCUT2D eigenvalue weighted by molar-refractivity contribution is -0.137. The van der Waals surface area contributed by atoms with Gasteiger partial charge in [-0.2, -0.15) is 12.6 Å². The molecule has 0 fully saturated rings. The second kappa shape index (κ2) is 14.4. The smallest absolute Gasteiger partial charge is 0.330 e. The van der Waals surface area contributed by atoms with Crippen molar-refractivity contribution in [3.8, 4) is 0 Å². The summed E-state index contributed by atoms with van der Waals surface area (Å²) in [6.45, 7) is 4.17. The maximum absolute atomic E-state index is 11.5. The average molecular weight is 301 g/mol. The van der Waals surface area contributed by atoms with E-state index in [-0.39, 0.29) is 5.91 Å². The molecule has 0 spiro atoms. The van der Waals surface area contributed by atoms with Crippen LogP contribution in [-0.4, -0.2) is 30.8 Å². The van der Waals surface area contributed by atoms with E-state index in [4.69, 9.17) is 4.74 Å². The van der Waals surface area contributed by atoms with E-state index >= 15 is 0 Å². The number of ether oxygens (including phenoxy) is 1. The van der Waals surface area contributed by atoms with Crippen LogP contribution in [0.1, 0.15) is 51.4 Å². The van der Waals surface area contributed by atoms with Gasteiger partial charge in [0.15, 0.2) is 0 Å². The van der Waals surface area contributed by atoms with Gasteiger partial charge in [-0.1, -0.05) is 32.3 Å². The van der Waals surface area contributed by atoms with E-state index in [1.807, 2.05) is 0 Å². The van der Waals surface area contributed by atoms with Crippen molar-refractivity contribution in [2.45, 2.75) is 51.4 Å². The Balaban J connectivity index is 3.24. The highest BCUT2D eigenvalue weighted by Gasteiger charge is 2.01. The lowest BCUT2D eigenvalue weighted by Gasteiger charge is -2.05. The van der Waals surface area contributed by atoms with Crippen LogP contribution in [0.25, 0.3) is 0 Å². The Morgan fingerprint density at radius 1 is 1.05 bits per heavy atom. The molecular weight excluding hydrogens is 274 g/mol. The highest BCUT2D eigenvalue weighted by atomic mass is 32.1. The lowest BCUT2D eigenvalue weighted by Crippen LogP contribution is -2.25. The summed E-state index contributed by atoms with van der Waals surface area (Å²) in [6.07, 6.45) is 9.24. The third kappa shape index (κ3) is 13.5. The van der Waals surface area contributed by atoms with Gasteiger partial charge >= 0.3 is 5.97 Å². The van der Waals surface area contributed by atoms with Crippen molar-refractivity contribution in [2.75, 3.05) is 18.9 Å². The van der Waals surface area contributed by atoms with Gasteiger partial charge in [0.25, 0.3) is 0 Å². The van der Waals surface area contributed by atoms with Crippen molar-refractivity contribution in [2.24, 2.45) is 0 Å². The van der Waals surface area contributed by atoms with E-state index in [9.17, 15) is 9.59 Å². The molecule has 0 radical (unpaired) electrons. The van der Waals surface area contributed by atoms with Crippen LogP contribution in [0.3, 0.4) is 0 Å². The molecule has 1 amide bonds. The summed E-state index contributed by atoms with van der Waals surface area (Å²) >= 11 is 4.17. The highest BCUT2D eigenvalue weighted by Crippen LogP contribution is 2.07. The van der Waals surface area contributed by atoms with Crippen molar-refractivity contribution in [1.29, 1.82) is 0 Å². The molecule has 1 N–H and O–H groups in total. The van der Waals surface area contributed by atoms with Gasteiger partial charge in [-0.25, -0.2) is 4.79 Å². The molecule has 0 saturated carbocycles. The molecule has 0 aromatic heterocycles. The van der Waals surface area contributed by atoms with Crippen molar-refractivity contribution in [1.82, 2.24) is 5.32 Å². The molecule has 0 bridgehead atoms. The van der Waals surface area contributed by atoms with Crippen molar-refractivity contribution < 1.29 is 14.3 Å². The molecular formula is C15H27NO3S. The summed E-state index contributed by atoms with van der Waals surface area (Å²) < 4.78 is 4.80. The molecule has 0 aromatic carbocycles. The second-order valence-electron chi connectivity index (χ2n) is 4.67. The maximum atomic E-state index is 11.5. The zero-order valence-corrected chi connectivity index (χ0v) is 13.1. The fraction of sp³-hybridized carbons (Fsp3) is 0.733. The number of nitrogens with one attached hydrogen (secondary N) is 1. The fourth-order valence-corrected chi connectivity index (χ4v) is 1.95. The number of thiol groups is 1. The molecule has 0 aliphatic carbocycles. The number of amides is 1. The maximum Gasteiger partial charge on any atom is 0.330 e. The van der Waals surface area contributed by atoms with Crippen LogP contribution in [0.5, 0.6) is 0 Å². The van der Waals surface area contributed by atoms with Gasteiger partial charge in [0.1, 0.15) is 0 Å². The average Bonchev–Trinajstić information content (AvgIpc) is 2.45. The van der Waals surface area contributed by atoms with Gasteiger partial charge in [0.2, 0.25) is 5.91 Å². The Hall–Kier alpha value is -0.970. The largest absolute Gasteiger partial charge is 0.462 e. The molecule has 0 aliphatic heterocycles. The summed E-state index contributed by atoms with van der Waals surface area (Å²) in [6, 6.07) is 0. The van der Waals surface area contributed by atoms with E-state index < -0.39 is 5.97 Å². The predicted octanol–water partition coefficient (Wildman–Crippen LogP) is 2.88. The highest BCUT2D eigenvalue weighted by molar-refractivity contribution is 7.80. The molecule has 0 atom stereocenters. The van der Waals surface area contributed by atoms with E-state index in [0.29, 0.717) is 26.0 Å². The minimum atomic E-state index is -0.422. The van der Waals surface area contributed by atoms with Gasteiger partial charge < -0.3 is 10.1 Å². The standard InChI is InChI=1S/C15H27NO3S/c1-2-15(18)19-12-9-11-16-14(17)10-7-5-3-4-6-8-13-20/h2,20H,1,3-13H2,(H,16,17). The molecule has 0 rings (SSSR count). The Morgan fingerprint density at radius 2 is 1.70 bits per heavy atom. The Labute approximate surface area is 127 Å². The van der Waals surface area contributed by atoms with E-state index in [1.165, 1.54) is 25.7 Å². The molecule has 116 valence electrons. The molecule has 0 unspecified atom stereocenters. The van der Waals surface area contributed by atoms with Crippen LogP contribution in [0, 0.1) is 0 Å². The van der Waals surface area contributed by atoms with Gasteiger partial charge in [-0.15, -0.1) is 0 Å². The first kappa shape index (κ1) is 19.0. The minimum absolute atomic E-state index is 0.0791. The number of esters is 1. The summed E-state index contributed by atoms with van der Waals surface area (Å²) in [5, 5.41) is 2.82. The molecule has 0 aliphatic rings. The predicted molar refractivity (Wildman–Crippen MR) is 85.0 cm³/mol. The first-order valence-electron chi connectivity index (χ1n) is 7.37. The van der Waals surface area contributed by atoms with Gasteiger partial charge in [0, 0.05) is 19.0 Å². The van der Waals surface area contributed by atoms with Crippen LogP contribution in [0.4, 0.5) is 0 Å². The first-order chi connectivity index (χ1) is 9.70. The van der Waals surface area contributed by atoms with E-state index in [1.54, 1.807) is 0 Å². The summed E-state index contributed by atoms with van der Waals surface area (Å²) in [7, 11) is 0. The van der Waals surface area contributed by atoms with Crippen LogP contribution in [0.15, 0.2) is 12.7 Å². The van der Waals surface area contributed by atoms with Gasteiger partial charge in [-0.3, -0.25) is 4.79 Å². The molecule has 20 heavy (non-hydrogen) atoms. The SMILES string of the molecule is C=CC(=O)OCCCNC(=O)CCCCCCCCS. The molecule has 0 saturated heterocycles. The lowest BCUT2D eigenvalue weighted by atomic mass is 10.1. The van der Waals surface area contributed by atoms with Crippen LogP contribution < -0.4 is 5.32 Å². The third-order valence-electron chi connectivity index (χ3n) is 2.87. The third-order valence-corrected chi connectivity index (χ3v) is 3.18. The van der Waals surface area contributed by atoms with Gasteiger partial charge in [0.05, 0.1) is 6.61 Å². The summed E-state index contributed by atoms with van der Waals surface area (Å²) in [5.74, 6) is 0.620. The van der Waals surface area contributed by atoms with E-state index in [0.717, 1.165) is 24.7 Å². The van der Waals surface area contributed by atoms with Crippen molar-refractivity contribution >= 4 is 24.5 Å². The topological polar surface area (TPSA) is 55.4 Å². The minimum Gasteiger partial charge on any atom is -0.462 e. The Morgan fingerprint density at radius 3 is 2.35 bits per heavy atom. The van der Waals surface area contributed by atoms with Gasteiger partial charge in [-0.05, 0) is 25.0 Å². The zero-order valence-electron chi connectivity index (χ0n) is 12.2. The van der Waals surface area contributed by atoms with Crippen LogP contribution in [-0.2, 0) is 14.3 Å². The molecule has 0 aromatic rings. The number of hydrogen-bond acceptors (Lipinski definition) is 4. The second-order valence-corrected chi connectivity index (χ2v) is 5.12. The summed E-state index contributed by atoms with van der Waals surface area (Å²) in [5.41, 5.74) is 0. The summed E-state index contributed by atoms with van der Waals surface area (Å²) in [4.78, 5) is 22.2. The first-order valence-corrected chi connectivity index (χ1v) is 8.00. The number of carbonyl (C=O) groups excluding carboxylic acids is 2. The Bertz CT molecular complexity index is 282. The number of rotatable bonds is 13. The van der Waals surface area contributed by atoms with Crippen LogP contribution >= 0.6 is 12.6 Å². The van der Waals surface area contributed by atoms with Crippen molar-refractivity contribution in [3.63, 3.8) is 0 Å².